The molecule has 2 N–H and O–H groups in total. The standard InChI is InChI=1S/C18H20N2O/c1-2-20(16-6-4-3-5-7-16)17(21)18(12-13-18)14-8-10-15(19)11-9-14/h3-11H,2,12-13,19H2,1H3. The molecule has 3 heteroatoms. The van der Waals surface area contributed by atoms with Crippen molar-refractivity contribution in [2.75, 3.05) is 17.2 Å². The highest BCUT2D eigenvalue weighted by Gasteiger charge is 2.52. The number of hydrogen-bond acceptors (Lipinski definition) is 2. The summed E-state index contributed by atoms with van der Waals surface area (Å²) in [4.78, 5) is 14.9. The van der Waals surface area contributed by atoms with Crippen molar-refractivity contribution in [3.8, 4) is 0 Å². The molecule has 0 aliphatic heterocycles. The van der Waals surface area contributed by atoms with E-state index in [4.69, 9.17) is 5.73 Å². The smallest absolute Gasteiger partial charge is 0.237 e. The quantitative estimate of drug-likeness (QED) is 0.873. The number of nitrogens with two attached hydrogens (primary N) is 1. The molecule has 1 aliphatic carbocycles. The molecule has 3 nitrogen and oxygen atoms in total. The van der Waals surface area contributed by atoms with Crippen LogP contribution in [-0.2, 0) is 10.2 Å². The maximum Gasteiger partial charge on any atom is 0.237 e. The van der Waals surface area contributed by atoms with Gasteiger partial charge in [-0.15, -0.1) is 0 Å². The van der Waals surface area contributed by atoms with Gasteiger partial charge in [-0.1, -0.05) is 30.3 Å². The number of benzene rings is 2. The third-order valence-corrected chi connectivity index (χ3v) is 4.25. The molecule has 108 valence electrons. The monoisotopic (exact) mass is 280 g/mol. The minimum atomic E-state index is -0.348. The summed E-state index contributed by atoms with van der Waals surface area (Å²) in [6.07, 6.45) is 1.83. The highest BCUT2D eigenvalue weighted by molar-refractivity contribution is 6.03. The van der Waals surface area contributed by atoms with Crippen LogP contribution in [-0.4, -0.2) is 12.5 Å². The minimum absolute atomic E-state index is 0.195. The molecular weight excluding hydrogens is 260 g/mol. The molecule has 1 fully saturated rings. The number of carbonyl (C=O) groups is 1. The Kier molecular flexibility index (Phi) is 3.42. The molecule has 1 amide bonds. The van der Waals surface area contributed by atoms with Crippen LogP contribution in [0.1, 0.15) is 25.3 Å². The van der Waals surface area contributed by atoms with Crippen molar-refractivity contribution in [2.45, 2.75) is 25.2 Å². The molecule has 0 aromatic heterocycles. The number of amides is 1. The lowest BCUT2D eigenvalue weighted by Crippen LogP contribution is -2.39. The van der Waals surface area contributed by atoms with Crippen molar-refractivity contribution in [3.05, 3.63) is 60.2 Å². The van der Waals surface area contributed by atoms with E-state index in [0.29, 0.717) is 6.54 Å². The van der Waals surface area contributed by atoms with Crippen LogP contribution in [0.15, 0.2) is 54.6 Å². The molecule has 0 bridgehead atoms. The maximum absolute atomic E-state index is 13.0. The fourth-order valence-electron chi connectivity index (χ4n) is 2.86. The lowest BCUT2D eigenvalue weighted by Gasteiger charge is -2.26. The van der Waals surface area contributed by atoms with Crippen LogP contribution in [0.2, 0.25) is 0 Å². The van der Waals surface area contributed by atoms with Gasteiger partial charge in [0.1, 0.15) is 0 Å². The third kappa shape index (κ3) is 2.40. The zero-order valence-electron chi connectivity index (χ0n) is 12.3. The molecule has 2 aromatic carbocycles. The number of para-hydroxylation sites is 1. The van der Waals surface area contributed by atoms with Gasteiger partial charge in [-0.05, 0) is 49.6 Å². The Bertz CT molecular complexity index is 630. The zero-order chi connectivity index (χ0) is 14.9. The Balaban J connectivity index is 1.91. The topological polar surface area (TPSA) is 46.3 Å². The lowest BCUT2D eigenvalue weighted by atomic mass is 9.93. The largest absolute Gasteiger partial charge is 0.399 e. The van der Waals surface area contributed by atoms with Gasteiger partial charge in [0.05, 0.1) is 5.41 Å². The summed E-state index contributed by atoms with van der Waals surface area (Å²) in [6, 6.07) is 17.6. The third-order valence-electron chi connectivity index (χ3n) is 4.25. The summed E-state index contributed by atoms with van der Waals surface area (Å²) < 4.78 is 0. The first-order valence-electron chi connectivity index (χ1n) is 7.40. The Hall–Kier alpha value is -2.29. The highest BCUT2D eigenvalue weighted by atomic mass is 16.2. The number of carbonyl (C=O) groups excluding carboxylic acids is 1. The van der Waals surface area contributed by atoms with Gasteiger partial charge in [-0.3, -0.25) is 4.79 Å². The molecule has 0 radical (unpaired) electrons. The first-order valence-corrected chi connectivity index (χ1v) is 7.40. The Morgan fingerprint density at radius 1 is 1.10 bits per heavy atom. The lowest BCUT2D eigenvalue weighted by molar-refractivity contribution is -0.121. The molecule has 0 heterocycles. The summed E-state index contributed by atoms with van der Waals surface area (Å²) in [6.45, 7) is 2.70. The van der Waals surface area contributed by atoms with E-state index in [1.807, 2.05) is 66.4 Å². The maximum atomic E-state index is 13.0. The summed E-state index contributed by atoms with van der Waals surface area (Å²) in [5.41, 5.74) is 8.18. The van der Waals surface area contributed by atoms with E-state index in [2.05, 4.69) is 0 Å². The van der Waals surface area contributed by atoms with E-state index in [-0.39, 0.29) is 11.3 Å². The van der Waals surface area contributed by atoms with Gasteiger partial charge in [-0.2, -0.15) is 0 Å². The second-order valence-electron chi connectivity index (χ2n) is 5.59. The van der Waals surface area contributed by atoms with Crippen LogP contribution in [0.3, 0.4) is 0 Å². The summed E-state index contributed by atoms with van der Waals surface area (Å²) in [7, 11) is 0. The van der Waals surface area contributed by atoms with E-state index in [9.17, 15) is 4.79 Å². The van der Waals surface area contributed by atoms with Crippen LogP contribution in [0.5, 0.6) is 0 Å². The van der Waals surface area contributed by atoms with Crippen LogP contribution in [0.4, 0.5) is 11.4 Å². The highest BCUT2D eigenvalue weighted by Crippen LogP contribution is 2.50. The molecule has 0 spiro atoms. The van der Waals surface area contributed by atoms with Crippen molar-refractivity contribution in [2.24, 2.45) is 0 Å². The molecule has 0 saturated heterocycles. The molecular formula is C18H20N2O. The average molecular weight is 280 g/mol. The predicted octanol–water partition coefficient (Wildman–Crippen LogP) is 3.35. The van der Waals surface area contributed by atoms with Crippen molar-refractivity contribution >= 4 is 17.3 Å². The molecule has 0 unspecified atom stereocenters. The number of hydrogen-bond donors (Lipinski definition) is 1. The first-order chi connectivity index (χ1) is 10.2. The van der Waals surface area contributed by atoms with Crippen LogP contribution in [0, 0.1) is 0 Å². The van der Waals surface area contributed by atoms with E-state index in [1.54, 1.807) is 0 Å². The molecule has 2 aromatic rings. The Morgan fingerprint density at radius 2 is 1.71 bits per heavy atom. The van der Waals surface area contributed by atoms with Gasteiger partial charge in [0.2, 0.25) is 5.91 Å². The van der Waals surface area contributed by atoms with Crippen LogP contribution < -0.4 is 10.6 Å². The number of nitrogen functional groups attached to an aromatic ring is 1. The van der Waals surface area contributed by atoms with Gasteiger partial charge >= 0.3 is 0 Å². The second kappa shape index (κ2) is 5.24. The Morgan fingerprint density at radius 3 is 2.24 bits per heavy atom. The fraction of sp³-hybridized carbons (Fsp3) is 0.278. The summed E-state index contributed by atoms with van der Waals surface area (Å²) >= 11 is 0. The summed E-state index contributed by atoms with van der Waals surface area (Å²) in [5.74, 6) is 0.195. The average Bonchev–Trinajstić information content (AvgIpc) is 3.31. The molecule has 0 atom stereocenters. The number of likely N-dealkylation sites (N-methyl/N-ethyl adjacent to an activating group) is 1. The zero-order valence-corrected chi connectivity index (χ0v) is 12.3. The number of rotatable bonds is 4. The van der Waals surface area contributed by atoms with Gasteiger partial charge in [0, 0.05) is 17.9 Å². The van der Waals surface area contributed by atoms with Gasteiger partial charge in [0.15, 0.2) is 0 Å². The van der Waals surface area contributed by atoms with Crippen molar-refractivity contribution in [1.29, 1.82) is 0 Å². The minimum Gasteiger partial charge on any atom is -0.399 e. The number of anilines is 2. The fourth-order valence-corrected chi connectivity index (χ4v) is 2.86. The predicted molar refractivity (Wildman–Crippen MR) is 86.2 cm³/mol. The van der Waals surface area contributed by atoms with E-state index in [0.717, 1.165) is 29.8 Å². The van der Waals surface area contributed by atoms with Gasteiger partial charge < -0.3 is 10.6 Å². The Labute approximate surface area is 125 Å². The second-order valence-corrected chi connectivity index (χ2v) is 5.59. The number of nitrogens with zero attached hydrogens (tertiary/aromatic N) is 1. The van der Waals surface area contributed by atoms with Crippen LogP contribution in [0.25, 0.3) is 0 Å². The van der Waals surface area contributed by atoms with Gasteiger partial charge in [-0.25, -0.2) is 0 Å². The normalized spacial score (nSPS) is 15.5. The first kappa shape index (κ1) is 13.7. The van der Waals surface area contributed by atoms with Crippen molar-refractivity contribution in [1.82, 2.24) is 0 Å². The summed E-state index contributed by atoms with van der Waals surface area (Å²) in [5, 5.41) is 0. The van der Waals surface area contributed by atoms with Gasteiger partial charge in [0.25, 0.3) is 0 Å². The van der Waals surface area contributed by atoms with E-state index < -0.39 is 0 Å². The van der Waals surface area contributed by atoms with Crippen LogP contribution >= 0.6 is 0 Å². The van der Waals surface area contributed by atoms with E-state index >= 15 is 0 Å². The molecule has 21 heavy (non-hydrogen) atoms. The molecule has 1 aliphatic rings. The van der Waals surface area contributed by atoms with Crippen molar-refractivity contribution < 1.29 is 4.79 Å². The van der Waals surface area contributed by atoms with E-state index in [1.165, 1.54) is 0 Å². The molecule has 1 saturated carbocycles. The molecule has 3 rings (SSSR count). The SMILES string of the molecule is CCN(C(=O)C1(c2ccc(N)cc2)CC1)c1ccccc1. The van der Waals surface area contributed by atoms with Crippen molar-refractivity contribution in [3.63, 3.8) is 0 Å².